The van der Waals surface area contributed by atoms with Crippen molar-refractivity contribution in [2.24, 2.45) is 0 Å². The predicted octanol–water partition coefficient (Wildman–Crippen LogP) is -0.0586. The summed E-state index contributed by atoms with van der Waals surface area (Å²) in [6.07, 6.45) is 0. The lowest BCUT2D eigenvalue weighted by Gasteiger charge is -2.36. The van der Waals surface area contributed by atoms with Crippen LogP contribution in [0.15, 0.2) is 0 Å². The van der Waals surface area contributed by atoms with Crippen molar-refractivity contribution in [1.82, 2.24) is 20.4 Å². The Bertz CT molecular complexity index is 234. The van der Waals surface area contributed by atoms with Crippen LogP contribution < -0.4 is 10.6 Å². The zero-order valence-corrected chi connectivity index (χ0v) is 10.8. The quantitative estimate of drug-likeness (QED) is 0.711. The first-order chi connectivity index (χ1) is 7.41. The van der Waals surface area contributed by atoms with E-state index >= 15 is 0 Å². The number of rotatable bonds is 3. The van der Waals surface area contributed by atoms with Gasteiger partial charge in [-0.2, -0.15) is 0 Å². The number of urea groups is 1. The number of hydrogen-bond donors (Lipinski definition) is 2. The Morgan fingerprint density at radius 2 is 1.94 bits per heavy atom. The van der Waals surface area contributed by atoms with Crippen LogP contribution in [0, 0.1) is 0 Å². The van der Waals surface area contributed by atoms with E-state index in [0.717, 1.165) is 32.7 Å². The first-order valence-electron chi connectivity index (χ1n) is 5.83. The summed E-state index contributed by atoms with van der Waals surface area (Å²) in [5, 5.41) is 6.35. The molecule has 0 radical (unpaired) electrons. The molecular formula is C11H24N4O. The van der Waals surface area contributed by atoms with Gasteiger partial charge >= 0.3 is 6.03 Å². The van der Waals surface area contributed by atoms with Crippen LogP contribution in [-0.2, 0) is 0 Å². The summed E-state index contributed by atoms with van der Waals surface area (Å²) >= 11 is 0. The molecule has 1 aliphatic heterocycles. The van der Waals surface area contributed by atoms with Crippen LogP contribution in [0.1, 0.15) is 13.8 Å². The molecule has 1 saturated heterocycles. The number of carbonyl (C=O) groups is 1. The van der Waals surface area contributed by atoms with Gasteiger partial charge in [-0.05, 0) is 13.8 Å². The number of carbonyl (C=O) groups excluding carboxylic acids is 1. The fourth-order valence-electron chi connectivity index (χ4n) is 1.87. The Kier molecular flexibility index (Phi) is 4.56. The van der Waals surface area contributed by atoms with E-state index in [1.54, 1.807) is 19.0 Å². The molecule has 1 aliphatic rings. The van der Waals surface area contributed by atoms with Crippen molar-refractivity contribution in [3.8, 4) is 0 Å². The van der Waals surface area contributed by atoms with Gasteiger partial charge in [0, 0.05) is 52.4 Å². The van der Waals surface area contributed by atoms with Crippen LogP contribution in [0.3, 0.4) is 0 Å². The Labute approximate surface area is 98.2 Å². The first-order valence-corrected chi connectivity index (χ1v) is 5.83. The standard InChI is InChI=1S/C11H24N4O/c1-11(2,13-10(16)14(3)4)9-15-7-5-12-6-8-15/h12H,5-9H2,1-4H3,(H,13,16). The molecule has 0 spiro atoms. The monoisotopic (exact) mass is 228 g/mol. The Morgan fingerprint density at radius 1 is 1.38 bits per heavy atom. The number of nitrogens with one attached hydrogen (secondary N) is 2. The van der Waals surface area contributed by atoms with Crippen LogP contribution in [0.2, 0.25) is 0 Å². The second-order valence-corrected chi connectivity index (χ2v) is 5.23. The van der Waals surface area contributed by atoms with Gasteiger partial charge in [-0.25, -0.2) is 4.79 Å². The zero-order valence-electron chi connectivity index (χ0n) is 10.8. The maximum Gasteiger partial charge on any atom is 0.317 e. The van der Waals surface area contributed by atoms with Crippen molar-refractivity contribution in [2.75, 3.05) is 46.8 Å². The fourth-order valence-corrected chi connectivity index (χ4v) is 1.87. The molecule has 1 heterocycles. The van der Waals surface area contributed by atoms with Crippen LogP contribution >= 0.6 is 0 Å². The van der Waals surface area contributed by atoms with Gasteiger partial charge < -0.3 is 15.5 Å². The van der Waals surface area contributed by atoms with Gasteiger partial charge in [0.15, 0.2) is 0 Å². The summed E-state index contributed by atoms with van der Waals surface area (Å²) in [5.41, 5.74) is -0.182. The zero-order chi connectivity index (χ0) is 12.2. The summed E-state index contributed by atoms with van der Waals surface area (Å²) in [6, 6.07) is -0.0277. The van der Waals surface area contributed by atoms with E-state index in [-0.39, 0.29) is 11.6 Å². The van der Waals surface area contributed by atoms with E-state index in [9.17, 15) is 4.79 Å². The number of amides is 2. The van der Waals surface area contributed by atoms with Gasteiger partial charge in [-0.15, -0.1) is 0 Å². The summed E-state index contributed by atoms with van der Waals surface area (Å²) in [6.45, 7) is 9.22. The largest absolute Gasteiger partial charge is 0.332 e. The molecule has 5 nitrogen and oxygen atoms in total. The topological polar surface area (TPSA) is 47.6 Å². The van der Waals surface area contributed by atoms with Gasteiger partial charge in [0.25, 0.3) is 0 Å². The molecule has 0 unspecified atom stereocenters. The van der Waals surface area contributed by atoms with E-state index in [1.807, 2.05) is 0 Å². The summed E-state index contributed by atoms with van der Waals surface area (Å²) in [5.74, 6) is 0. The molecule has 0 aromatic rings. The van der Waals surface area contributed by atoms with Crippen molar-refractivity contribution in [3.63, 3.8) is 0 Å². The lowest BCUT2D eigenvalue weighted by Crippen LogP contribution is -2.56. The minimum absolute atomic E-state index is 0.0277. The third kappa shape index (κ3) is 4.37. The Hall–Kier alpha value is -0.810. The molecule has 1 rings (SSSR count). The van der Waals surface area contributed by atoms with E-state index in [4.69, 9.17) is 0 Å². The van der Waals surface area contributed by atoms with Gasteiger partial charge in [0.05, 0.1) is 0 Å². The third-order valence-corrected chi connectivity index (χ3v) is 2.68. The highest BCUT2D eigenvalue weighted by Gasteiger charge is 2.25. The normalized spacial score (nSPS) is 18.2. The number of nitrogens with zero attached hydrogens (tertiary/aromatic N) is 2. The van der Waals surface area contributed by atoms with Crippen molar-refractivity contribution in [3.05, 3.63) is 0 Å². The van der Waals surface area contributed by atoms with Crippen LogP contribution in [0.25, 0.3) is 0 Å². The summed E-state index contributed by atoms with van der Waals surface area (Å²) in [7, 11) is 3.52. The minimum Gasteiger partial charge on any atom is -0.332 e. The van der Waals surface area contributed by atoms with Crippen LogP contribution in [-0.4, -0.2) is 68.2 Å². The Morgan fingerprint density at radius 3 is 2.44 bits per heavy atom. The van der Waals surface area contributed by atoms with E-state index in [1.165, 1.54) is 0 Å². The molecule has 0 aromatic heterocycles. The molecule has 0 saturated carbocycles. The molecule has 2 N–H and O–H groups in total. The molecule has 0 atom stereocenters. The van der Waals surface area contributed by atoms with Crippen molar-refractivity contribution in [2.45, 2.75) is 19.4 Å². The van der Waals surface area contributed by atoms with E-state index < -0.39 is 0 Å². The minimum atomic E-state index is -0.182. The lowest BCUT2D eigenvalue weighted by molar-refractivity contribution is 0.168. The van der Waals surface area contributed by atoms with Crippen molar-refractivity contribution >= 4 is 6.03 Å². The SMILES string of the molecule is CN(C)C(=O)NC(C)(C)CN1CCNCC1. The first kappa shape index (κ1) is 13.3. The predicted molar refractivity (Wildman–Crippen MR) is 65.6 cm³/mol. The maximum atomic E-state index is 11.6. The molecule has 16 heavy (non-hydrogen) atoms. The van der Waals surface area contributed by atoms with Crippen LogP contribution in [0.4, 0.5) is 4.79 Å². The third-order valence-electron chi connectivity index (χ3n) is 2.68. The maximum absolute atomic E-state index is 11.6. The fraction of sp³-hybridized carbons (Fsp3) is 0.909. The summed E-state index contributed by atoms with van der Waals surface area (Å²) in [4.78, 5) is 15.5. The average Bonchev–Trinajstić information content (AvgIpc) is 2.17. The molecule has 1 fully saturated rings. The lowest BCUT2D eigenvalue weighted by atomic mass is 10.0. The summed E-state index contributed by atoms with van der Waals surface area (Å²) < 4.78 is 0. The second kappa shape index (κ2) is 5.50. The molecule has 94 valence electrons. The Balaban J connectivity index is 2.40. The van der Waals surface area contributed by atoms with Gasteiger partial charge in [-0.1, -0.05) is 0 Å². The number of piperazine rings is 1. The highest BCUT2D eigenvalue weighted by Crippen LogP contribution is 2.07. The molecular weight excluding hydrogens is 204 g/mol. The van der Waals surface area contributed by atoms with Gasteiger partial charge in [-0.3, -0.25) is 4.90 Å². The smallest absolute Gasteiger partial charge is 0.317 e. The molecule has 0 bridgehead atoms. The highest BCUT2D eigenvalue weighted by atomic mass is 16.2. The van der Waals surface area contributed by atoms with Gasteiger partial charge in [0.2, 0.25) is 0 Å². The van der Waals surface area contributed by atoms with E-state index in [0.29, 0.717) is 0 Å². The van der Waals surface area contributed by atoms with Crippen LogP contribution in [0.5, 0.6) is 0 Å². The van der Waals surface area contributed by atoms with E-state index in [2.05, 4.69) is 29.4 Å². The molecule has 0 aliphatic carbocycles. The average molecular weight is 228 g/mol. The van der Waals surface area contributed by atoms with Crippen molar-refractivity contribution < 1.29 is 4.79 Å². The van der Waals surface area contributed by atoms with Crippen molar-refractivity contribution in [1.29, 1.82) is 0 Å². The van der Waals surface area contributed by atoms with Gasteiger partial charge in [0.1, 0.15) is 0 Å². The molecule has 0 aromatic carbocycles. The molecule has 2 amide bonds. The second-order valence-electron chi connectivity index (χ2n) is 5.23. The highest BCUT2D eigenvalue weighted by molar-refractivity contribution is 5.74. The molecule has 5 heteroatoms. The number of hydrogen-bond acceptors (Lipinski definition) is 3.